The summed E-state index contributed by atoms with van der Waals surface area (Å²) in [6.45, 7) is 2.00. The van der Waals surface area contributed by atoms with Gasteiger partial charge in [0.1, 0.15) is 5.82 Å². The van der Waals surface area contributed by atoms with Gasteiger partial charge in [-0.1, -0.05) is 36.4 Å². The first-order valence-electron chi connectivity index (χ1n) is 9.72. The first-order valence-corrected chi connectivity index (χ1v) is 10.6. The molecule has 1 atom stereocenters. The molecule has 0 radical (unpaired) electrons. The summed E-state index contributed by atoms with van der Waals surface area (Å²) < 4.78 is 0. The Balaban J connectivity index is 1.42. The zero-order chi connectivity index (χ0) is 20.9. The molecule has 0 bridgehead atoms. The van der Waals surface area contributed by atoms with Crippen LogP contribution in [0.15, 0.2) is 53.9 Å². The number of amides is 2. The summed E-state index contributed by atoms with van der Waals surface area (Å²) in [5.41, 5.74) is 4.29. The molecule has 1 aliphatic rings. The Hall–Kier alpha value is -3.34. The lowest BCUT2D eigenvalue weighted by Gasteiger charge is -2.33. The highest BCUT2D eigenvalue weighted by Crippen LogP contribution is 2.28. The number of thiazole rings is 1. The van der Waals surface area contributed by atoms with Crippen molar-refractivity contribution in [2.45, 2.75) is 12.5 Å². The molecule has 2 amide bonds. The van der Waals surface area contributed by atoms with E-state index in [4.69, 9.17) is 6.42 Å². The minimum atomic E-state index is -0.530. The van der Waals surface area contributed by atoms with Gasteiger partial charge in [-0.15, -0.1) is 17.8 Å². The lowest BCUT2D eigenvalue weighted by molar-refractivity contribution is 0.225. The van der Waals surface area contributed by atoms with E-state index >= 15 is 0 Å². The zero-order valence-corrected chi connectivity index (χ0v) is 17.2. The number of hydrogen-bond acceptors (Lipinski definition) is 5. The highest BCUT2D eigenvalue weighted by Gasteiger charge is 2.16. The second-order valence-corrected chi connectivity index (χ2v) is 7.89. The third kappa shape index (κ3) is 4.46. The summed E-state index contributed by atoms with van der Waals surface area (Å²) in [5.74, 6) is 2.81. The molecule has 1 fully saturated rings. The molecular formula is C23H22N4O2S. The number of aromatic nitrogens is 1. The van der Waals surface area contributed by atoms with E-state index in [-0.39, 0.29) is 6.61 Å². The number of carbonyl (C=O) groups excluding carboxylic acids is 1. The van der Waals surface area contributed by atoms with E-state index in [1.165, 1.54) is 23.4 Å². The quantitative estimate of drug-likeness (QED) is 0.532. The van der Waals surface area contributed by atoms with Crippen LogP contribution < -0.4 is 15.5 Å². The molecule has 152 valence electrons. The van der Waals surface area contributed by atoms with Crippen molar-refractivity contribution in [2.24, 2.45) is 0 Å². The van der Waals surface area contributed by atoms with Gasteiger partial charge in [0.05, 0.1) is 12.6 Å². The molecule has 0 spiro atoms. The van der Waals surface area contributed by atoms with Crippen molar-refractivity contribution in [1.82, 2.24) is 10.3 Å². The number of terminal acetylenes is 1. The maximum Gasteiger partial charge on any atom is 0.320 e. The fourth-order valence-corrected chi connectivity index (χ4v) is 3.86. The molecule has 6 nitrogen and oxygen atoms in total. The van der Waals surface area contributed by atoms with E-state index in [9.17, 15) is 9.90 Å². The SMILES string of the molecule is C#Cc1nc(NC(=O)N[C@@H](CO)c2ccc(-c3cccc(N4CCC4)c3)cc2)cs1. The summed E-state index contributed by atoms with van der Waals surface area (Å²) in [4.78, 5) is 18.7. The van der Waals surface area contributed by atoms with E-state index in [1.807, 2.05) is 24.3 Å². The number of rotatable bonds is 6. The summed E-state index contributed by atoms with van der Waals surface area (Å²) in [7, 11) is 0. The van der Waals surface area contributed by atoms with Crippen molar-refractivity contribution in [3.8, 4) is 23.5 Å². The topological polar surface area (TPSA) is 77.5 Å². The molecule has 0 saturated carbocycles. The number of benzene rings is 2. The number of nitrogens with zero attached hydrogens (tertiary/aromatic N) is 2. The smallest absolute Gasteiger partial charge is 0.320 e. The number of hydrogen-bond donors (Lipinski definition) is 3. The van der Waals surface area contributed by atoms with Gasteiger partial charge in [-0.2, -0.15) is 0 Å². The third-order valence-corrected chi connectivity index (χ3v) is 5.84. The molecule has 3 N–H and O–H groups in total. The highest BCUT2D eigenvalue weighted by molar-refractivity contribution is 7.10. The van der Waals surface area contributed by atoms with Gasteiger partial charge in [0, 0.05) is 24.2 Å². The molecule has 0 aliphatic carbocycles. The number of carbonyl (C=O) groups is 1. The Morgan fingerprint density at radius 2 is 2.03 bits per heavy atom. The molecule has 2 aromatic carbocycles. The molecular weight excluding hydrogens is 396 g/mol. The predicted octanol–water partition coefficient (Wildman–Crippen LogP) is 3.86. The largest absolute Gasteiger partial charge is 0.394 e. The van der Waals surface area contributed by atoms with E-state index in [0.717, 1.165) is 29.8 Å². The van der Waals surface area contributed by atoms with Crippen LogP contribution in [-0.2, 0) is 0 Å². The monoisotopic (exact) mass is 418 g/mol. The lowest BCUT2D eigenvalue weighted by Crippen LogP contribution is -2.36. The second kappa shape index (κ2) is 8.99. The first-order chi connectivity index (χ1) is 14.7. The van der Waals surface area contributed by atoms with Crippen molar-refractivity contribution in [1.29, 1.82) is 0 Å². The van der Waals surface area contributed by atoms with E-state index < -0.39 is 12.1 Å². The highest BCUT2D eigenvalue weighted by atomic mass is 32.1. The minimum Gasteiger partial charge on any atom is -0.394 e. The van der Waals surface area contributed by atoms with Gasteiger partial charge < -0.3 is 15.3 Å². The van der Waals surface area contributed by atoms with Crippen molar-refractivity contribution in [2.75, 3.05) is 29.9 Å². The zero-order valence-electron chi connectivity index (χ0n) is 16.3. The summed E-state index contributed by atoms with van der Waals surface area (Å²) in [6, 6.07) is 15.4. The second-order valence-electron chi connectivity index (χ2n) is 7.03. The third-order valence-electron chi connectivity index (χ3n) is 5.07. The van der Waals surface area contributed by atoms with Crippen molar-refractivity contribution < 1.29 is 9.90 Å². The first kappa shape index (κ1) is 20.0. The van der Waals surface area contributed by atoms with Gasteiger partial charge >= 0.3 is 6.03 Å². The molecule has 1 saturated heterocycles. The minimum absolute atomic E-state index is 0.218. The number of aliphatic hydroxyl groups excluding tert-OH is 1. The van der Waals surface area contributed by atoms with Gasteiger partial charge in [0.15, 0.2) is 5.01 Å². The van der Waals surface area contributed by atoms with Crippen LogP contribution in [0.2, 0.25) is 0 Å². The predicted molar refractivity (Wildman–Crippen MR) is 121 cm³/mol. The van der Waals surface area contributed by atoms with Crippen LogP contribution in [0, 0.1) is 12.3 Å². The van der Waals surface area contributed by atoms with Crippen LogP contribution in [0.1, 0.15) is 23.0 Å². The molecule has 2 heterocycles. The molecule has 3 aromatic rings. The molecule has 4 rings (SSSR count). The van der Waals surface area contributed by atoms with Crippen molar-refractivity contribution in [3.05, 3.63) is 64.5 Å². The van der Waals surface area contributed by atoms with Gasteiger partial charge in [-0.25, -0.2) is 9.78 Å². The lowest BCUT2D eigenvalue weighted by atomic mass is 10.00. The van der Waals surface area contributed by atoms with Gasteiger partial charge in [-0.05, 0) is 41.2 Å². The van der Waals surface area contributed by atoms with Gasteiger partial charge in [0.2, 0.25) is 0 Å². The molecule has 1 aromatic heterocycles. The number of aliphatic hydroxyl groups is 1. The molecule has 7 heteroatoms. The summed E-state index contributed by atoms with van der Waals surface area (Å²) >= 11 is 1.28. The molecule has 0 unspecified atom stereocenters. The Kier molecular flexibility index (Phi) is 5.98. The maximum absolute atomic E-state index is 12.3. The fourth-order valence-electron chi connectivity index (χ4n) is 3.31. The van der Waals surface area contributed by atoms with Gasteiger partial charge in [0.25, 0.3) is 0 Å². The Morgan fingerprint density at radius 1 is 1.23 bits per heavy atom. The maximum atomic E-state index is 12.3. The van der Waals surface area contributed by atoms with Gasteiger partial charge in [-0.3, -0.25) is 5.32 Å². The van der Waals surface area contributed by atoms with Crippen LogP contribution in [0.25, 0.3) is 11.1 Å². The van der Waals surface area contributed by atoms with Crippen LogP contribution in [0.5, 0.6) is 0 Å². The Bertz CT molecular complexity index is 1070. The van der Waals surface area contributed by atoms with Crippen molar-refractivity contribution >= 4 is 28.9 Å². The fraction of sp³-hybridized carbons (Fsp3) is 0.217. The van der Waals surface area contributed by atoms with E-state index in [1.54, 1.807) is 5.38 Å². The summed E-state index contributed by atoms with van der Waals surface area (Å²) in [5, 5.41) is 17.3. The van der Waals surface area contributed by atoms with Crippen LogP contribution >= 0.6 is 11.3 Å². The Labute approximate surface area is 179 Å². The van der Waals surface area contributed by atoms with Crippen LogP contribution in [-0.4, -0.2) is 35.8 Å². The number of anilines is 2. The van der Waals surface area contributed by atoms with Crippen LogP contribution in [0.4, 0.5) is 16.3 Å². The standard InChI is InChI=1S/C23H22N4O2S/c1-2-22-25-21(15-30-22)26-23(29)24-20(14-28)17-9-7-16(8-10-17)18-5-3-6-19(13-18)27-11-4-12-27/h1,3,5-10,13,15,20,28H,4,11-12,14H2,(H2,24,26,29)/t20-/m0/s1. The van der Waals surface area contributed by atoms with Crippen molar-refractivity contribution in [3.63, 3.8) is 0 Å². The molecule has 1 aliphatic heterocycles. The van der Waals surface area contributed by atoms with E-state index in [0.29, 0.717) is 10.8 Å². The number of nitrogens with one attached hydrogen (secondary N) is 2. The normalized spacial score (nSPS) is 13.8. The van der Waals surface area contributed by atoms with Crippen LogP contribution in [0.3, 0.4) is 0 Å². The van der Waals surface area contributed by atoms with E-state index in [2.05, 4.69) is 50.7 Å². The molecule has 30 heavy (non-hydrogen) atoms. The summed E-state index contributed by atoms with van der Waals surface area (Å²) in [6.07, 6.45) is 6.54. The average molecular weight is 419 g/mol. The Morgan fingerprint density at radius 3 is 2.67 bits per heavy atom. The number of urea groups is 1. The average Bonchev–Trinajstić information content (AvgIpc) is 3.18.